The third-order valence-electron chi connectivity index (χ3n) is 2.80. The zero-order chi connectivity index (χ0) is 14.7. The van der Waals surface area contributed by atoms with Gasteiger partial charge in [-0.3, -0.25) is 4.79 Å². The zero-order valence-corrected chi connectivity index (χ0v) is 12.0. The van der Waals surface area contributed by atoms with Crippen LogP contribution in [-0.2, 0) is 4.79 Å². The van der Waals surface area contributed by atoms with Crippen molar-refractivity contribution < 1.29 is 4.79 Å². The molecule has 20 heavy (non-hydrogen) atoms. The van der Waals surface area contributed by atoms with Crippen molar-refractivity contribution in [3.05, 3.63) is 33.8 Å². The fourth-order valence-corrected chi connectivity index (χ4v) is 2.64. The minimum absolute atomic E-state index is 0.0347. The lowest BCUT2D eigenvalue weighted by Gasteiger charge is -2.05. The number of allylic oxidation sites excluding steroid dienone is 2. The minimum Gasteiger partial charge on any atom is -0.399 e. The fourth-order valence-electron chi connectivity index (χ4n) is 1.76. The maximum atomic E-state index is 10.9. The molecule has 2 rings (SSSR count). The van der Waals surface area contributed by atoms with Crippen molar-refractivity contribution in [2.24, 2.45) is 11.5 Å². The maximum Gasteiger partial charge on any atom is 0.236 e. The summed E-state index contributed by atoms with van der Waals surface area (Å²) in [6, 6.07) is 1.94. The minimum atomic E-state index is -0.438. The van der Waals surface area contributed by atoms with Crippen molar-refractivity contribution in [1.29, 1.82) is 0 Å². The Kier molecular flexibility index (Phi) is 4.05. The highest BCUT2D eigenvalue weighted by Gasteiger charge is 2.07. The fraction of sp³-hybridized carbons (Fsp3) is 0.143. The Morgan fingerprint density at radius 2 is 2.30 bits per heavy atom. The van der Waals surface area contributed by atoms with E-state index in [4.69, 9.17) is 11.5 Å². The van der Waals surface area contributed by atoms with Crippen LogP contribution < -0.4 is 27.4 Å². The van der Waals surface area contributed by atoms with Crippen molar-refractivity contribution in [2.45, 2.75) is 6.92 Å². The highest BCUT2D eigenvalue weighted by Crippen LogP contribution is 2.21. The highest BCUT2D eigenvalue weighted by atomic mass is 32.1. The number of aromatic nitrogens is 1. The van der Waals surface area contributed by atoms with E-state index in [0.29, 0.717) is 16.9 Å². The summed E-state index contributed by atoms with van der Waals surface area (Å²) in [5.74, 6) is 0.176. The van der Waals surface area contributed by atoms with Gasteiger partial charge in [-0.25, -0.2) is 4.98 Å². The number of hydrogen-bond acceptors (Lipinski definition) is 5. The van der Waals surface area contributed by atoms with Crippen LogP contribution in [0.4, 0.5) is 5.82 Å². The summed E-state index contributed by atoms with van der Waals surface area (Å²) in [5.41, 5.74) is 11.6. The molecule has 0 radical (unpaired) electrons. The lowest BCUT2D eigenvalue weighted by atomic mass is 10.2. The van der Waals surface area contributed by atoms with Crippen LogP contribution in [0.5, 0.6) is 0 Å². The maximum absolute atomic E-state index is 10.9. The lowest BCUT2D eigenvalue weighted by Crippen LogP contribution is -2.30. The summed E-state index contributed by atoms with van der Waals surface area (Å²) < 4.78 is 1.02. The summed E-state index contributed by atoms with van der Waals surface area (Å²) in [6.07, 6.45) is 3.55. The number of rotatable bonds is 4. The van der Waals surface area contributed by atoms with Crippen molar-refractivity contribution in [3.63, 3.8) is 0 Å². The molecule has 5 nitrogen and oxygen atoms in total. The van der Waals surface area contributed by atoms with E-state index in [2.05, 4.69) is 16.9 Å². The van der Waals surface area contributed by atoms with Crippen molar-refractivity contribution >= 4 is 45.8 Å². The second kappa shape index (κ2) is 5.75. The zero-order valence-electron chi connectivity index (χ0n) is 11.1. The van der Waals surface area contributed by atoms with Crippen LogP contribution in [0.3, 0.4) is 0 Å². The molecule has 2 aromatic rings. The summed E-state index contributed by atoms with van der Waals surface area (Å²) in [6.45, 7) is 5.95. The molecule has 0 aliphatic heterocycles. The topological polar surface area (TPSA) is 94.0 Å². The molecule has 2 aromatic heterocycles. The molecule has 0 fully saturated rings. The highest BCUT2D eigenvalue weighted by molar-refractivity contribution is 7.17. The molecule has 5 N–H and O–H groups in total. The van der Waals surface area contributed by atoms with E-state index in [1.54, 1.807) is 23.5 Å². The van der Waals surface area contributed by atoms with Crippen molar-refractivity contribution in [1.82, 2.24) is 4.98 Å². The van der Waals surface area contributed by atoms with Gasteiger partial charge in [-0.1, -0.05) is 12.7 Å². The Balaban J connectivity index is 2.65. The standard InChI is InChI=1S/C14H16N4OS/c1-3-9(15)6-11-8(2)13-10(4-5-20-13)14(18-11)17-7-12(16)19/h3-6H,2,7,15H2,1H3,(H2,16,19)(H,17,18)/b9-3+,11-6+. The van der Waals surface area contributed by atoms with E-state index in [0.717, 1.165) is 15.3 Å². The predicted octanol–water partition coefficient (Wildman–Crippen LogP) is 0.247. The molecule has 0 aliphatic carbocycles. The van der Waals surface area contributed by atoms with Gasteiger partial charge in [0.25, 0.3) is 0 Å². The number of primary amides is 1. The number of amides is 1. The van der Waals surface area contributed by atoms with Gasteiger partial charge in [-0.15, -0.1) is 11.3 Å². The Morgan fingerprint density at radius 3 is 2.95 bits per heavy atom. The molecule has 104 valence electrons. The van der Waals surface area contributed by atoms with Crippen LogP contribution in [0, 0.1) is 0 Å². The SMILES string of the molecule is C=c1/c(=C\C(N)=C/C)nc(NCC(N)=O)c2ccsc12. The molecular weight excluding hydrogens is 272 g/mol. The quantitative estimate of drug-likeness (QED) is 0.751. The van der Waals surface area contributed by atoms with Gasteiger partial charge in [-0.2, -0.15) is 0 Å². The number of anilines is 1. The molecule has 0 aromatic carbocycles. The van der Waals surface area contributed by atoms with Crippen LogP contribution in [0.15, 0.2) is 23.2 Å². The monoisotopic (exact) mass is 288 g/mol. The molecular formula is C14H16N4OS. The third-order valence-corrected chi connectivity index (χ3v) is 3.78. The number of hydrogen-bond donors (Lipinski definition) is 3. The van der Waals surface area contributed by atoms with Crippen LogP contribution in [0.2, 0.25) is 0 Å². The number of carbonyl (C=O) groups excluding carboxylic acids is 1. The van der Waals surface area contributed by atoms with Crippen molar-refractivity contribution in [3.8, 4) is 0 Å². The molecule has 0 saturated heterocycles. The number of nitrogens with two attached hydrogens (primary N) is 2. The van der Waals surface area contributed by atoms with Gasteiger partial charge in [0.1, 0.15) is 5.82 Å². The average molecular weight is 288 g/mol. The number of pyridine rings is 1. The Labute approximate surface area is 120 Å². The van der Waals surface area contributed by atoms with Gasteiger partial charge in [0, 0.05) is 21.0 Å². The third kappa shape index (κ3) is 2.80. The molecule has 1 amide bonds. The first-order valence-corrected chi connectivity index (χ1v) is 6.92. The normalized spacial score (nSPS) is 12.8. The predicted molar refractivity (Wildman–Crippen MR) is 84.5 cm³/mol. The molecule has 0 aliphatic rings. The molecule has 0 spiro atoms. The van der Waals surface area contributed by atoms with E-state index < -0.39 is 5.91 Å². The van der Waals surface area contributed by atoms with Gasteiger partial charge in [-0.05, 0) is 24.4 Å². The smallest absolute Gasteiger partial charge is 0.236 e. The number of nitrogens with zero attached hydrogens (tertiary/aromatic N) is 1. The van der Waals surface area contributed by atoms with E-state index in [1.807, 2.05) is 18.4 Å². The van der Waals surface area contributed by atoms with Gasteiger partial charge >= 0.3 is 0 Å². The largest absolute Gasteiger partial charge is 0.399 e. The Bertz CT molecular complexity index is 791. The van der Waals surface area contributed by atoms with Gasteiger partial charge in [0.15, 0.2) is 0 Å². The van der Waals surface area contributed by atoms with E-state index >= 15 is 0 Å². The van der Waals surface area contributed by atoms with Crippen LogP contribution in [-0.4, -0.2) is 17.4 Å². The lowest BCUT2D eigenvalue weighted by molar-refractivity contribution is -0.116. The number of thiophene rings is 1. The molecule has 6 heteroatoms. The molecule has 2 heterocycles. The van der Waals surface area contributed by atoms with Crippen LogP contribution in [0.25, 0.3) is 22.7 Å². The second-order valence-electron chi connectivity index (χ2n) is 4.24. The first-order valence-electron chi connectivity index (χ1n) is 6.04. The summed E-state index contributed by atoms with van der Waals surface area (Å²) in [5, 5.41) is 7.34. The van der Waals surface area contributed by atoms with E-state index in [-0.39, 0.29) is 6.54 Å². The summed E-state index contributed by atoms with van der Waals surface area (Å²) in [4.78, 5) is 15.4. The Morgan fingerprint density at radius 1 is 1.55 bits per heavy atom. The molecule has 0 bridgehead atoms. The van der Waals surface area contributed by atoms with Gasteiger partial charge in [0.05, 0.1) is 11.9 Å². The van der Waals surface area contributed by atoms with Gasteiger partial charge < -0.3 is 16.8 Å². The first-order chi connectivity index (χ1) is 9.52. The van der Waals surface area contributed by atoms with Crippen LogP contribution >= 0.6 is 11.3 Å². The number of carbonyl (C=O) groups is 1. The van der Waals surface area contributed by atoms with Crippen molar-refractivity contribution in [2.75, 3.05) is 11.9 Å². The molecule has 0 atom stereocenters. The number of fused-ring (bicyclic) bond motifs is 1. The van der Waals surface area contributed by atoms with E-state index in [1.165, 1.54) is 0 Å². The first kappa shape index (κ1) is 14.1. The van der Waals surface area contributed by atoms with Gasteiger partial charge in [0.2, 0.25) is 5.91 Å². The summed E-state index contributed by atoms with van der Waals surface area (Å²) in [7, 11) is 0. The molecule has 0 unspecified atom stereocenters. The molecule has 0 saturated carbocycles. The average Bonchev–Trinajstić information content (AvgIpc) is 2.90. The van der Waals surface area contributed by atoms with E-state index in [9.17, 15) is 4.79 Å². The van der Waals surface area contributed by atoms with Crippen LogP contribution in [0.1, 0.15) is 6.92 Å². The summed E-state index contributed by atoms with van der Waals surface area (Å²) >= 11 is 1.57. The Hall–Kier alpha value is -2.34. The second-order valence-corrected chi connectivity index (χ2v) is 5.16. The number of nitrogens with one attached hydrogen (secondary N) is 1.